The van der Waals surface area contributed by atoms with Crippen molar-refractivity contribution in [2.75, 3.05) is 0 Å². The Balaban J connectivity index is 1.90. The number of amides is 1. The van der Waals surface area contributed by atoms with Gasteiger partial charge in [0.15, 0.2) is 0 Å². The molecule has 1 amide bonds. The number of hydrogen-bond acceptors (Lipinski definition) is 1. The number of hydrogen-bond donors (Lipinski definition) is 1. The van der Waals surface area contributed by atoms with Crippen molar-refractivity contribution in [2.24, 2.45) is 17.6 Å². The van der Waals surface area contributed by atoms with Gasteiger partial charge >= 0.3 is 0 Å². The molecule has 1 unspecified atom stereocenters. The van der Waals surface area contributed by atoms with Crippen LogP contribution in [-0.4, -0.2) is 5.91 Å². The molecule has 2 bridgehead atoms. The van der Waals surface area contributed by atoms with Crippen LogP contribution < -0.4 is 5.73 Å². The lowest BCUT2D eigenvalue weighted by atomic mass is 9.68. The van der Waals surface area contributed by atoms with Crippen molar-refractivity contribution in [1.29, 1.82) is 0 Å². The van der Waals surface area contributed by atoms with Crippen molar-refractivity contribution in [3.05, 3.63) is 53.1 Å². The second-order valence-corrected chi connectivity index (χ2v) is 5.63. The van der Waals surface area contributed by atoms with Gasteiger partial charge in [-0.3, -0.25) is 4.79 Å². The van der Waals surface area contributed by atoms with Crippen LogP contribution in [0.1, 0.15) is 29.9 Å². The van der Waals surface area contributed by atoms with E-state index in [2.05, 4.69) is 30.3 Å². The Kier molecular flexibility index (Phi) is 1.88. The summed E-state index contributed by atoms with van der Waals surface area (Å²) < 4.78 is 0. The minimum atomic E-state index is -0.302. The number of carbonyl (C=O) groups is 1. The maximum atomic E-state index is 11.4. The van der Waals surface area contributed by atoms with E-state index in [1.807, 2.05) is 6.08 Å². The first kappa shape index (κ1) is 10.1. The van der Waals surface area contributed by atoms with Crippen LogP contribution in [0.5, 0.6) is 0 Å². The third-order valence-corrected chi connectivity index (χ3v) is 4.71. The van der Waals surface area contributed by atoms with E-state index < -0.39 is 0 Å². The summed E-state index contributed by atoms with van der Waals surface area (Å²) in [6.45, 7) is 0. The molecule has 0 spiro atoms. The molecule has 1 aromatic carbocycles. The normalized spacial score (nSPS) is 31.4. The van der Waals surface area contributed by atoms with E-state index in [4.69, 9.17) is 5.73 Å². The molecule has 1 aromatic rings. The summed E-state index contributed by atoms with van der Waals surface area (Å²) >= 11 is 0. The van der Waals surface area contributed by atoms with E-state index in [1.165, 1.54) is 29.5 Å². The highest BCUT2D eigenvalue weighted by Crippen LogP contribution is 2.56. The minimum Gasteiger partial charge on any atom is -0.366 e. The Morgan fingerprint density at radius 3 is 2.78 bits per heavy atom. The Hall–Kier alpha value is -1.83. The summed E-state index contributed by atoms with van der Waals surface area (Å²) in [5.41, 5.74) is 10.2. The highest BCUT2D eigenvalue weighted by molar-refractivity contribution is 6.00. The van der Waals surface area contributed by atoms with Crippen molar-refractivity contribution in [1.82, 2.24) is 0 Å². The number of allylic oxidation sites excluding steroid dienone is 2. The molecule has 4 aliphatic rings. The Morgan fingerprint density at radius 1 is 1.22 bits per heavy atom. The van der Waals surface area contributed by atoms with E-state index in [-0.39, 0.29) is 5.91 Å². The summed E-state index contributed by atoms with van der Waals surface area (Å²) in [5.74, 6) is 1.53. The third-order valence-electron chi connectivity index (χ3n) is 4.71. The zero-order chi connectivity index (χ0) is 12.3. The molecule has 0 saturated heterocycles. The monoisotopic (exact) mass is 237 g/mol. The van der Waals surface area contributed by atoms with Crippen molar-refractivity contribution < 1.29 is 4.79 Å². The van der Waals surface area contributed by atoms with Crippen molar-refractivity contribution in [2.45, 2.75) is 18.8 Å². The Labute approximate surface area is 106 Å². The number of rotatable bonds is 1. The van der Waals surface area contributed by atoms with Gasteiger partial charge in [-0.25, -0.2) is 0 Å². The second kappa shape index (κ2) is 3.35. The first-order valence-corrected chi connectivity index (χ1v) is 6.56. The van der Waals surface area contributed by atoms with E-state index in [9.17, 15) is 4.79 Å². The van der Waals surface area contributed by atoms with Gasteiger partial charge in [-0.1, -0.05) is 30.3 Å². The summed E-state index contributed by atoms with van der Waals surface area (Å²) in [4.78, 5) is 11.4. The van der Waals surface area contributed by atoms with Crippen LogP contribution in [0.4, 0.5) is 0 Å². The summed E-state index contributed by atoms with van der Waals surface area (Å²) in [6, 6.07) is 8.63. The summed E-state index contributed by atoms with van der Waals surface area (Å²) in [7, 11) is 0. The molecule has 2 heteroatoms. The summed E-state index contributed by atoms with van der Waals surface area (Å²) in [6.07, 6.45) is 6.59. The smallest absolute Gasteiger partial charge is 0.248 e. The average Bonchev–Trinajstić information content (AvgIpc) is 2.64. The molecule has 1 saturated carbocycles. The molecule has 18 heavy (non-hydrogen) atoms. The molecule has 2 nitrogen and oxygen atoms in total. The number of nitrogens with two attached hydrogens (primary N) is 1. The lowest BCUT2D eigenvalue weighted by Gasteiger charge is -2.36. The second-order valence-electron chi connectivity index (χ2n) is 5.63. The van der Waals surface area contributed by atoms with Crippen LogP contribution in [-0.2, 0) is 4.79 Å². The van der Waals surface area contributed by atoms with Crippen molar-refractivity contribution >= 4 is 11.5 Å². The van der Waals surface area contributed by atoms with Gasteiger partial charge in [-0.2, -0.15) is 0 Å². The summed E-state index contributed by atoms with van der Waals surface area (Å²) in [5, 5.41) is 0. The molecule has 0 aromatic heterocycles. The largest absolute Gasteiger partial charge is 0.366 e. The molecule has 4 aliphatic carbocycles. The van der Waals surface area contributed by atoms with Crippen molar-refractivity contribution in [3.63, 3.8) is 0 Å². The molecular formula is C16H15NO. The van der Waals surface area contributed by atoms with Gasteiger partial charge in [0, 0.05) is 11.5 Å². The maximum Gasteiger partial charge on any atom is 0.248 e. The van der Waals surface area contributed by atoms with Crippen LogP contribution in [0.25, 0.3) is 5.57 Å². The maximum absolute atomic E-state index is 11.4. The highest BCUT2D eigenvalue weighted by atomic mass is 16.1. The number of benzene rings is 1. The average molecular weight is 237 g/mol. The lowest BCUT2D eigenvalue weighted by molar-refractivity contribution is -0.114. The Bertz CT molecular complexity index is 605. The predicted molar refractivity (Wildman–Crippen MR) is 70.7 cm³/mol. The van der Waals surface area contributed by atoms with Gasteiger partial charge < -0.3 is 5.73 Å². The quantitative estimate of drug-likeness (QED) is 0.801. The zero-order valence-corrected chi connectivity index (χ0v) is 10.1. The van der Waals surface area contributed by atoms with Gasteiger partial charge in [0.25, 0.3) is 0 Å². The van der Waals surface area contributed by atoms with E-state index in [1.54, 1.807) is 0 Å². The molecule has 90 valence electrons. The zero-order valence-electron chi connectivity index (χ0n) is 10.1. The lowest BCUT2D eigenvalue weighted by Crippen LogP contribution is -2.25. The first-order valence-electron chi connectivity index (χ1n) is 6.56. The minimum absolute atomic E-state index is 0.302. The molecular weight excluding hydrogens is 222 g/mol. The fraction of sp³-hybridized carbons (Fsp3) is 0.312. The van der Waals surface area contributed by atoms with E-state index in [0.717, 1.165) is 5.92 Å². The number of carbonyl (C=O) groups excluding carboxylic acids is 1. The van der Waals surface area contributed by atoms with Gasteiger partial charge in [0.05, 0.1) is 0 Å². The van der Waals surface area contributed by atoms with Crippen molar-refractivity contribution in [3.8, 4) is 0 Å². The first-order chi connectivity index (χ1) is 8.74. The van der Waals surface area contributed by atoms with Crippen LogP contribution in [0.2, 0.25) is 0 Å². The van der Waals surface area contributed by atoms with E-state index in [0.29, 0.717) is 17.4 Å². The molecule has 2 N–H and O–H groups in total. The van der Waals surface area contributed by atoms with Gasteiger partial charge in [-0.05, 0) is 47.5 Å². The number of primary amides is 1. The van der Waals surface area contributed by atoms with Crippen LogP contribution >= 0.6 is 0 Å². The van der Waals surface area contributed by atoms with Crippen LogP contribution in [0.15, 0.2) is 42.0 Å². The van der Waals surface area contributed by atoms with Gasteiger partial charge in [0.2, 0.25) is 5.91 Å². The topological polar surface area (TPSA) is 43.1 Å². The van der Waals surface area contributed by atoms with Crippen LogP contribution in [0.3, 0.4) is 0 Å². The molecule has 1 atom stereocenters. The highest BCUT2D eigenvalue weighted by Gasteiger charge is 2.43. The predicted octanol–water partition coefficient (Wildman–Crippen LogP) is 2.62. The SMILES string of the molecule is NC(=O)C1=CC2C(=C1)c1ccccc1C1CC2C1. The third kappa shape index (κ3) is 1.20. The fourth-order valence-corrected chi connectivity index (χ4v) is 3.72. The molecule has 0 aliphatic heterocycles. The molecule has 1 fully saturated rings. The molecule has 5 rings (SSSR count). The standard InChI is InChI=1S/C16H15NO/c17-16(18)11-7-14-10-5-9(6-10)12-3-1-2-4-13(12)15(14)8-11/h1-4,7-10,14H,5-6H2,(H2,17,18). The van der Waals surface area contributed by atoms with Gasteiger partial charge in [-0.15, -0.1) is 0 Å². The van der Waals surface area contributed by atoms with Gasteiger partial charge in [0.1, 0.15) is 0 Å². The molecule has 0 heterocycles. The fourth-order valence-electron chi connectivity index (χ4n) is 3.72. The van der Waals surface area contributed by atoms with Crippen LogP contribution in [0, 0.1) is 11.8 Å². The Morgan fingerprint density at radius 2 is 2.00 bits per heavy atom. The van der Waals surface area contributed by atoms with E-state index >= 15 is 0 Å². The molecule has 0 radical (unpaired) electrons.